The van der Waals surface area contributed by atoms with Crippen molar-refractivity contribution in [2.24, 2.45) is 5.16 Å². The van der Waals surface area contributed by atoms with E-state index in [1.54, 1.807) is 31.2 Å². The van der Waals surface area contributed by atoms with Crippen LogP contribution in [0, 0.1) is 0 Å². The van der Waals surface area contributed by atoms with Crippen LogP contribution in [-0.2, 0) is 9.53 Å². The van der Waals surface area contributed by atoms with Crippen LogP contribution in [0.1, 0.15) is 18.9 Å². The lowest BCUT2D eigenvalue weighted by Crippen LogP contribution is -2.20. The molecule has 0 saturated carbocycles. The highest BCUT2D eigenvalue weighted by atomic mass is 19.4. The summed E-state index contributed by atoms with van der Waals surface area (Å²) in [5.41, 5.74) is 1.23. The van der Waals surface area contributed by atoms with Crippen LogP contribution in [0.4, 0.5) is 18.9 Å². The molecule has 0 aliphatic heterocycles. The number of halogens is 3. The zero-order valence-electron chi connectivity index (χ0n) is 11.3. The molecule has 0 spiro atoms. The number of nitrogens with zero attached hydrogens (tertiary/aromatic N) is 1. The third-order valence-electron chi connectivity index (χ3n) is 2.48. The molecule has 0 atom stereocenters. The van der Waals surface area contributed by atoms with Crippen LogP contribution in [0.2, 0.25) is 0 Å². The molecule has 0 aromatic heterocycles. The molecule has 116 valence electrons. The van der Waals surface area contributed by atoms with E-state index in [-0.39, 0.29) is 13.0 Å². The molecule has 0 bridgehead atoms. The number of rotatable bonds is 6. The van der Waals surface area contributed by atoms with Crippen LogP contribution in [0.25, 0.3) is 0 Å². The Hall–Kier alpha value is -2.09. The topological polar surface area (TPSA) is 70.9 Å². The minimum absolute atomic E-state index is 0.209. The lowest BCUT2D eigenvalue weighted by molar-refractivity contribution is -0.174. The molecule has 0 saturated heterocycles. The molecule has 2 N–H and O–H groups in total. The van der Waals surface area contributed by atoms with E-state index >= 15 is 0 Å². The SMILES string of the molecule is C/C(=N/O)c1ccccc1NC(=O)CCOCC(F)(F)F. The summed E-state index contributed by atoms with van der Waals surface area (Å²) in [6.07, 6.45) is -4.61. The van der Waals surface area contributed by atoms with Crippen molar-refractivity contribution < 1.29 is 27.9 Å². The molecule has 0 radical (unpaired) electrons. The third kappa shape index (κ3) is 6.26. The van der Waals surface area contributed by atoms with Gasteiger partial charge in [0.2, 0.25) is 5.91 Å². The lowest BCUT2D eigenvalue weighted by Gasteiger charge is -2.11. The number of ether oxygens (including phenoxy) is 1. The van der Waals surface area contributed by atoms with Gasteiger partial charge in [0.15, 0.2) is 0 Å². The zero-order chi connectivity index (χ0) is 15.9. The molecule has 0 fully saturated rings. The Morgan fingerprint density at radius 3 is 2.67 bits per heavy atom. The first kappa shape index (κ1) is 17.0. The number of para-hydroxylation sites is 1. The summed E-state index contributed by atoms with van der Waals surface area (Å²) in [5, 5.41) is 14.3. The number of hydrogen-bond acceptors (Lipinski definition) is 4. The van der Waals surface area contributed by atoms with Crippen molar-refractivity contribution in [3.8, 4) is 0 Å². The maximum absolute atomic E-state index is 11.8. The maximum atomic E-state index is 11.8. The quantitative estimate of drug-likeness (QED) is 0.367. The second-order valence-electron chi connectivity index (χ2n) is 4.20. The van der Waals surface area contributed by atoms with Gasteiger partial charge in [-0.05, 0) is 13.0 Å². The van der Waals surface area contributed by atoms with Gasteiger partial charge in [0.1, 0.15) is 6.61 Å². The van der Waals surface area contributed by atoms with E-state index < -0.39 is 18.7 Å². The average molecular weight is 304 g/mol. The number of carbonyl (C=O) groups excluding carboxylic acids is 1. The molecule has 1 aromatic rings. The smallest absolute Gasteiger partial charge is 0.411 e. The van der Waals surface area contributed by atoms with Crippen LogP contribution in [0.3, 0.4) is 0 Å². The van der Waals surface area contributed by atoms with Crippen molar-refractivity contribution >= 4 is 17.3 Å². The van der Waals surface area contributed by atoms with Gasteiger partial charge >= 0.3 is 6.18 Å². The third-order valence-corrected chi connectivity index (χ3v) is 2.48. The first-order valence-electron chi connectivity index (χ1n) is 6.06. The molecule has 8 heteroatoms. The van der Waals surface area contributed by atoms with Crippen LogP contribution >= 0.6 is 0 Å². The van der Waals surface area contributed by atoms with Gasteiger partial charge in [-0.3, -0.25) is 4.79 Å². The summed E-state index contributed by atoms with van der Waals surface area (Å²) in [5.74, 6) is -0.490. The van der Waals surface area contributed by atoms with Gasteiger partial charge in [-0.25, -0.2) is 0 Å². The molecule has 0 unspecified atom stereocenters. The summed E-state index contributed by atoms with van der Waals surface area (Å²) in [6, 6.07) is 6.61. The Bertz CT molecular complexity index is 516. The van der Waals surface area contributed by atoms with Crippen molar-refractivity contribution in [2.75, 3.05) is 18.5 Å². The van der Waals surface area contributed by atoms with Gasteiger partial charge in [-0.15, -0.1) is 0 Å². The van der Waals surface area contributed by atoms with Gasteiger partial charge in [0.05, 0.1) is 18.7 Å². The number of nitrogens with one attached hydrogen (secondary N) is 1. The number of oxime groups is 1. The monoisotopic (exact) mass is 304 g/mol. The van der Waals surface area contributed by atoms with Gasteiger partial charge < -0.3 is 15.3 Å². The summed E-state index contributed by atoms with van der Waals surface area (Å²) < 4.78 is 39.9. The fourth-order valence-electron chi connectivity index (χ4n) is 1.53. The predicted molar refractivity (Wildman–Crippen MR) is 70.6 cm³/mol. The number of alkyl halides is 3. The lowest BCUT2D eigenvalue weighted by atomic mass is 10.1. The highest BCUT2D eigenvalue weighted by Gasteiger charge is 2.27. The van der Waals surface area contributed by atoms with Crippen LogP contribution in [0.15, 0.2) is 29.4 Å². The molecule has 1 rings (SSSR count). The summed E-state index contributed by atoms with van der Waals surface area (Å²) >= 11 is 0. The van der Waals surface area contributed by atoms with E-state index in [2.05, 4.69) is 15.2 Å². The minimum atomic E-state index is -4.40. The number of anilines is 1. The normalized spacial score (nSPS) is 12.3. The summed E-state index contributed by atoms with van der Waals surface area (Å²) in [6.45, 7) is -0.162. The Balaban J connectivity index is 2.52. The molecule has 0 aliphatic carbocycles. The molecule has 0 aliphatic rings. The first-order valence-corrected chi connectivity index (χ1v) is 6.06. The highest BCUT2D eigenvalue weighted by Crippen LogP contribution is 2.17. The Labute approximate surface area is 119 Å². The van der Waals surface area contributed by atoms with Crippen LogP contribution in [-0.4, -0.2) is 36.2 Å². The highest BCUT2D eigenvalue weighted by molar-refractivity contribution is 6.06. The Morgan fingerprint density at radius 2 is 2.05 bits per heavy atom. The first-order chi connectivity index (χ1) is 9.83. The largest absolute Gasteiger partial charge is 0.411 e. The molecule has 0 heterocycles. The van der Waals surface area contributed by atoms with Crippen molar-refractivity contribution in [3.05, 3.63) is 29.8 Å². The van der Waals surface area contributed by atoms with E-state index in [1.165, 1.54) is 0 Å². The van der Waals surface area contributed by atoms with E-state index in [1.807, 2.05) is 0 Å². The summed E-state index contributed by atoms with van der Waals surface area (Å²) in [7, 11) is 0. The van der Waals surface area contributed by atoms with Gasteiger partial charge in [-0.2, -0.15) is 13.2 Å². The van der Waals surface area contributed by atoms with Crippen molar-refractivity contribution in [1.82, 2.24) is 0 Å². The average Bonchev–Trinajstić information content (AvgIpc) is 2.42. The van der Waals surface area contributed by atoms with Crippen molar-refractivity contribution in [2.45, 2.75) is 19.5 Å². The number of carbonyl (C=O) groups is 1. The fraction of sp³-hybridized carbons (Fsp3) is 0.385. The van der Waals surface area contributed by atoms with E-state index in [4.69, 9.17) is 5.21 Å². The summed E-state index contributed by atoms with van der Waals surface area (Å²) in [4.78, 5) is 11.6. The number of hydrogen-bond donors (Lipinski definition) is 2. The fourth-order valence-corrected chi connectivity index (χ4v) is 1.53. The second kappa shape index (κ2) is 7.63. The Morgan fingerprint density at radius 1 is 1.38 bits per heavy atom. The van der Waals surface area contributed by atoms with E-state index in [0.29, 0.717) is 17.0 Å². The van der Waals surface area contributed by atoms with Gasteiger partial charge in [0.25, 0.3) is 0 Å². The van der Waals surface area contributed by atoms with E-state index in [9.17, 15) is 18.0 Å². The minimum Gasteiger partial charge on any atom is -0.411 e. The van der Waals surface area contributed by atoms with Crippen LogP contribution < -0.4 is 5.32 Å². The molecule has 1 aromatic carbocycles. The molecule has 21 heavy (non-hydrogen) atoms. The molecule has 1 amide bonds. The van der Waals surface area contributed by atoms with Crippen molar-refractivity contribution in [1.29, 1.82) is 0 Å². The standard InChI is InChI=1S/C13H15F3N2O3/c1-9(18-20)10-4-2-3-5-11(10)17-12(19)6-7-21-8-13(14,15)16/h2-5,20H,6-8H2,1H3,(H,17,19)/b18-9-. The number of benzene rings is 1. The van der Waals surface area contributed by atoms with Gasteiger partial charge in [0, 0.05) is 11.3 Å². The van der Waals surface area contributed by atoms with Gasteiger partial charge in [-0.1, -0.05) is 23.4 Å². The van der Waals surface area contributed by atoms with Crippen LogP contribution in [0.5, 0.6) is 0 Å². The predicted octanol–water partition coefficient (Wildman–Crippen LogP) is 2.79. The molecular formula is C13H15F3N2O3. The Kier molecular flexibility index (Phi) is 6.16. The molecular weight excluding hydrogens is 289 g/mol. The molecule has 5 nitrogen and oxygen atoms in total. The number of amides is 1. The maximum Gasteiger partial charge on any atom is 0.411 e. The van der Waals surface area contributed by atoms with Crippen molar-refractivity contribution in [3.63, 3.8) is 0 Å². The van der Waals surface area contributed by atoms with E-state index in [0.717, 1.165) is 0 Å². The zero-order valence-corrected chi connectivity index (χ0v) is 11.3. The second-order valence-corrected chi connectivity index (χ2v) is 4.20.